The molecule has 9 heteroatoms. The molecule has 0 aliphatic carbocycles. The lowest BCUT2D eigenvalue weighted by molar-refractivity contribution is 0.0311. The monoisotopic (exact) mass is 363 g/mol. The van der Waals surface area contributed by atoms with Crippen molar-refractivity contribution in [1.82, 2.24) is 4.31 Å². The molecule has 0 amide bonds. The smallest absolute Gasteiger partial charge is 0.246 e. The van der Waals surface area contributed by atoms with Crippen molar-refractivity contribution in [1.29, 1.82) is 5.26 Å². The van der Waals surface area contributed by atoms with Crippen molar-refractivity contribution in [2.75, 3.05) is 25.4 Å². The van der Waals surface area contributed by atoms with Crippen molar-refractivity contribution < 1.29 is 17.5 Å². The highest BCUT2D eigenvalue weighted by Crippen LogP contribution is 2.28. The van der Waals surface area contributed by atoms with Crippen molar-refractivity contribution in [2.45, 2.75) is 11.0 Å². The number of morpholine rings is 1. The Bertz CT molecular complexity index is 674. The van der Waals surface area contributed by atoms with E-state index in [1.54, 1.807) is 0 Å². The molecule has 0 aromatic heterocycles. The molecule has 1 fully saturated rings. The third kappa shape index (κ3) is 2.78. The van der Waals surface area contributed by atoms with Crippen molar-refractivity contribution in [3.8, 4) is 6.07 Å². The molecule has 6 nitrogen and oxygen atoms in total. The van der Waals surface area contributed by atoms with Crippen molar-refractivity contribution >= 4 is 31.6 Å². The van der Waals surface area contributed by atoms with E-state index < -0.39 is 26.8 Å². The molecule has 0 bridgehead atoms. The zero-order chi connectivity index (χ0) is 14.9. The summed E-state index contributed by atoms with van der Waals surface area (Å²) in [5.74, 6) is -0.897. The minimum Gasteiger partial charge on any atom is -0.398 e. The van der Waals surface area contributed by atoms with Gasteiger partial charge in [0.1, 0.15) is 10.7 Å². The lowest BCUT2D eigenvalue weighted by Crippen LogP contribution is -2.45. The molecule has 1 aromatic rings. The van der Waals surface area contributed by atoms with Crippen molar-refractivity contribution in [2.24, 2.45) is 0 Å². The number of nitrogens with zero attached hydrogens (tertiary/aromatic N) is 2. The molecule has 2 rings (SSSR count). The fourth-order valence-corrected chi connectivity index (χ4v) is 3.63. The highest BCUT2D eigenvalue weighted by atomic mass is 79.9. The summed E-state index contributed by atoms with van der Waals surface area (Å²) in [6.45, 7) is 0.0231. The van der Waals surface area contributed by atoms with Crippen LogP contribution in [0.15, 0.2) is 21.5 Å². The highest BCUT2D eigenvalue weighted by Gasteiger charge is 2.33. The number of hydrogen-bond acceptors (Lipinski definition) is 5. The maximum absolute atomic E-state index is 13.9. The SMILES string of the molecule is N#CC1CN(S(=O)(=O)c2cc(N)c(Br)cc2F)CCO1. The molecular formula is C11H11BrFN3O3S. The average Bonchev–Trinajstić information content (AvgIpc) is 2.42. The van der Waals surface area contributed by atoms with Gasteiger partial charge in [-0.3, -0.25) is 0 Å². The molecule has 108 valence electrons. The number of nitrogens with two attached hydrogens (primary N) is 1. The molecule has 1 aromatic carbocycles. The minimum atomic E-state index is -4.05. The Morgan fingerprint density at radius 2 is 2.25 bits per heavy atom. The highest BCUT2D eigenvalue weighted by molar-refractivity contribution is 9.10. The second-order valence-electron chi connectivity index (χ2n) is 4.16. The molecule has 1 aliphatic rings. The average molecular weight is 364 g/mol. The van der Waals surface area contributed by atoms with Gasteiger partial charge in [-0.05, 0) is 28.1 Å². The zero-order valence-electron chi connectivity index (χ0n) is 10.2. The van der Waals surface area contributed by atoms with E-state index in [4.69, 9.17) is 15.7 Å². The minimum absolute atomic E-state index is 0.0654. The van der Waals surface area contributed by atoms with Gasteiger partial charge in [0.15, 0.2) is 6.10 Å². The Hall–Kier alpha value is -1.21. The van der Waals surface area contributed by atoms with E-state index in [0.717, 1.165) is 16.4 Å². The van der Waals surface area contributed by atoms with Gasteiger partial charge in [-0.2, -0.15) is 9.57 Å². The fraction of sp³-hybridized carbons (Fsp3) is 0.364. The first-order valence-corrected chi connectivity index (χ1v) is 7.85. The summed E-state index contributed by atoms with van der Waals surface area (Å²) >= 11 is 3.03. The van der Waals surface area contributed by atoms with Crippen LogP contribution in [0.2, 0.25) is 0 Å². The lowest BCUT2D eigenvalue weighted by Gasteiger charge is -2.29. The maximum Gasteiger partial charge on any atom is 0.246 e. The Labute approximate surface area is 124 Å². The summed E-state index contributed by atoms with van der Waals surface area (Å²) in [6.07, 6.45) is -0.852. The van der Waals surface area contributed by atoms with E-state index in [2.05, 4.69) is 15.9 Å². The first kappa shape index (κ1) is 15.2. The summed E-state index contributed by atoms with van der Waals surface area (Å²) < 4.78 is 45.0. The van der Waals surface area contributed by atoms with E-state index >= 15 is 0 Å². The Balaban J connectivity index is 2.40. The van der Waals surface area contributed by atoms with Crippen LogP contribution in [0.4, 0.5) is 10.1 Å². The van der Waals surface area contributed by atoms with Gasteiger partial charge in [0.05, 0.1) is 19.2 Å². The number of nitrogen functional groups attached to an aromatic ring is 1. The van der Waals surface area contributed by atoms with Gasteiger partial charge < -0.3 is 10.5 Å². The van der Waals surface area contributed by atoms with Crippen LogP contribution in [0, 0.1) is 17.1 Å². The molecule has 20 heavy (non-hydrogen) atoms. The van der Waals surface area contributed by atoms with E-state index in [9.17, 15) is 12.8 Å². The maximum atomic E-state index is 13.9. The molecule has 1 unspecified atom stereocenters. The molecule has 0 saturated carbocycles. The third-order valence-electron chi connectivity index (χ3n) is 2.84. The second kappa shape index (κ2) is 5.65. The number of halogens is 2. The number of benzene rings is 1. The van der Waals surface area contributed by atoms with Gasteiger partial charge in [-0.15, -0.1) is 0 Å². The van der Waals surface area contributed by atoms with E-state index in [1.165, 1.54) is 0 Å². The van der Waals surface area contributed by atoms with Crippen molar-refractivity contribution in [3.05, 3.63) is 22.4 Å². The van der Waals surface area contributed by atoms with Gasteiger partial charge >= 0.3 is 0 Å². The standard InChI is InChI=1S/C11H11BrFN3O3S/c12-8-3-9(13)11(4-10(8)15)20(17,18)16-1-2-19-7(5-14)6-16/h3-4,7H,1-2,6,15H2. The first-order valence-electron chi connectivity index (χ1n) is 5.62. The Kier molecular flexibility index (Phi) is 4.29. The zero-order valence-corrected chi connectivity index (χ0v) is 12.6. The molecule has 1 atom stereocenters. The Morgan fingerprint density at radius 1 is 1.55 bits per heavy atom. The lowest BCUT2D eigenvalue weighted by atomic mass is 10.3. The third-order valence-corrected chi connectivity index (χ3v) is 5.41. The van der Waals surface area contributed by atoms with Gasteiger partial charge in [0.25, 0.3) is 0 Å². The molecule has 2 N–H and O–H groups in total. The van der Waals surface area contributed by atoms with Crippen LogP contribution < -0.4 is 5.73 Å². The molecule has 1 saturated heterocycles. The van der Waals surface area contributed by atoms with Crippen molar-refractivity contribution in [3.63, 3.8) is 0 Å². The van der Waals surface area contributed by atoms with Gasteiger partial charge in [-0.25, -0.2) is 12.8 Å². The molecular weight excluding hydrogens is 353 g/mol. The van der Waals surface area contributed by atoms with E-state index in [-0.39, 0.29) is 29.9 Å². The first-order chi connectivity index (χ1) is 9.36. The number of hydrogen-bond donors (Lipinski definition) is 1. The molecule has 1 heterocycles. The summed E-state index contributed by atoms with van der Waals surface area (Å²) in [4.78, 5) is -0.503. The van der Waals surface area contributed by atoms with Crippen LogP contribution in [0.25, 0.3) is 0 Å². The van der Waals surface area contributed by atoms with Crippen LogP contribution in [0.1, 0.15) is 0 Å². The Morgan fingerprint density at radius 3 is 2.90 bits per heavy atom. The van der Waals surface area contributed by atoms with Gasteiger partial charge in [0, 0.05) is 16.7 Å². The topological polar surface area (TPSA) is 96.4 Å². The predicted octanol–water partition coefficient (Wildman–Crippen LogP) is 1.08. The van der Waals surface area contributed by atoms with Crippen LogP contribution in [0.5, 0.6) is 0 Å². The largest absolute Gasteiger partial charge is 0.398 e. The summed E-state index contributed by atoms with van der Waals surface area (Å²) in [5.41, 5.74) is 5.72. The number of ether oxygens (including phenoxy) is 1. The van der Waals surface area contributed by atoms with Crippen LogP contribution in [0.3, 0.4) is 0 Å². The van der Waals surface area contributed by atoms with E-state index in [1.807, 2.05) is 6.07 Å². The number of sulfonamides is 1. The molecule has 0 spiro atoms. The normalized spacial score (nSPS) is 20.6. The quantitative estimate of drug-likeness (QED) is 0.793. The number of anilines is 1. The summed E-state index contributed by atoms with van der Waals surface area (Å²) in [6, 6.07) is 3.90. The number of nitriles is 1. The van der Waals surface area contributed by atoms with Crippen LogP contribution in [-0.2, 0) is 14.8 Å². The van der Waals surface area contributed by atoms with Gasteiger partial charge in [-0.1, -0.05) is 0 Å². The summed E-state index contributed by atoms with van der Waals surface area (Å²) in [7, 11) is -4.05. The van der Waals surface area contributed by atoms with Crippen LogP contribution >= 0.6 is 15.9 Å². The number of rotatable bonds is 2. The van der Waals surface area contributed by atoms with E-state index in [0.29, 0.717) is 0 Å². The second-order valence-corrected chi connectivity index (χ2v) is 6.92. The molecule has 1 aliphatic heterocycles. The predicted molar refractivity (Wildman–Crippen MR) is 72.6 cm³/mol. The van der Waals surface area contributed by atoms with Gasteiger partial charge in [0.2, 0.25) is 10.0 Å². The summed E-state index contributed by atoms with van der Waals surface area (Å²) in [5, 5.41) is 8.78. The molecule has 0 radical (unpaired) electrons. The van der Waals surface area contributed by atoms with Crippen LogP contribution in [-0.4, -0.2) is 38.5 Å². The fourth-order valence-electron chi connectivity index (χ4n) is 1.80.